The number of nitrogens with one attached hydrogen (secondary N) is 2. The third-order valence-corrected chi connectivity index (χ3v) is 3.88. The molecule has 0 aromatic heterocycles. The van der Waals surface area contributed by atoms with Crippen molar-refractivity contribution in [3.63, 3.8) is 0 Å². The zero-order chi connectivity index (χ0) is 15.1. The molecule has 1 fully saturated rings. The zero-order valence-electron chi connectivity index (χ0n) is 12.5. The highest BCUT2D eigenvalue weighted by molar-refractivity contribution is 5.86. The number of aliphatic hydroxyl groups excluding tert-OH is 1. The van der Waals surface area contributed by atoms with Crippen molar-refractivity contribution in [1.29, 1.82) is 0 Å². The van der Waals surface area contributed by atoms with Crippen molar-refractivity contribution in [3.05, 3.63) is 29.8 Å². The SMILES string of the molecule is CC1(C(=O)NCc2ccccc2OCCO)CCCCN1. The van der Waals surface area contributed by atoms with Crippen molar-refractivity contribution < 1.29 is 14.6 Å². The van der Waals surface area contributed by atoms with Gasteiger partial charge in [-0.15, -0.1) is 0 Å². The predicted molar refractivity (Wildman–Crippen MR) is 81.1 cm³/mol. The summed E-state index contributed by atoms with van der Waals surface area (Å²) >= 11 is 0. The van der Waals surface area contributed by atoms with Crippen LogP contribution in [0.5, 0.6) is 5.75 Å². The van der Waals surface area contributed by atoms with Crippen LogP contribution < -0.4 is 15.4 Å². The van der Waals surface area contributed by atoms with E-state index in [2.05, 4.69) is 10.6 Å². The van der Waals surface area contributed by atoms with Crippen LogP contribution in [0.4, 0.5) is 0 Å². The first-order valence-corrected chi connectivity index (χ1v) is 7.50. The minimum Gasteiger partial charge on any atom is -0.491 e. The van der Waals surface area contributed by atoms with Crippen LogP contribution in [0.25, 0.3) is 0 Å². The molecule has 1 atom stereocenters. The summed E-state index contributed by atoms with van der Waals surface area (Å²) in [6.07, 6.45) is 3.06. The van der Waals surface area contributed by atoms with E-state index < -0.39 is 5.54 Å². The van der Waals surface area contributed by atoms with E-state index >= 15 is 0 Å². The maximum absolute atomic E-state index is 12.4. The molecule has 21 heavy (non-hydrogen) atoms. The van der Waals surface area contributed by atoms with Gasteiger partial charge in [0.2, 0.25) is 5.91 Å². The lowest BCUT2D eigenvalue weighted by atomic mass is 9.90. The van der Waals surface area contributed by atoms with Gasteiger partial charge in [-0.3, -0.25) is 4.79 Å². The van der Waals surface area contributed by atoms with Gasteiger partial charge >= 0.3 is 0 Å². The highest BCUT2D eigenvalue weighted by atomic mass is 16.5. The van der Waals surface area contributed by atoms with E-state index in [1.165, 1.54) is 0 Å². The minimum atomic E-state index is -0.473. The number of piperidine rings is 1. The quantitative estimate of drug-likeness (QED) is 0.737. The summed E-state index contributed by atoms with van der Waals surface area (Å²) in [6.45, 7) is 3.50. The number of para-hydroxylation sites is 1. The first-order chi connectivity index (χ1) is 10.2. The Morgan fingerprint density at radius 1 is 1.43 bits per heavy atom. The minimum absolute atomic E-state index is 0.0251. The molecule has 0 bridgehead atoms. The zero-order valence-corrected chi connectivity index (χ0v) is 12.5. The smallest absolute Gasteiger partial charge is 0.240 e. The van der Waals surface area contributed by atoms with E-state index in [4.69, 9.17) is 9.84 Å². The van der Waals surface area contributed by atoms with Gasteiger partial charge in [-0.05, 0) is 38.8 Å². The maximum Gasteiger partial charge on any atom is 0.240 e. The fourth-order valence-electron chi connectivity index (χ4n) is 2.57. The molecule has 2 rings (SSSR count). The molecule has 3 N–H and O–H groups in total. The second-order valence-corrected chi connectivity index (χ2v) is 5.58. The molecule has 0 spiro atoms. The largest absolute Gasteiger partial charge is 0.491 e. The third kappa shape index (κ3) is 4.19. The predicted octanol–water partition coefficient (Wildman–Crippen LogP) is 1.21. The Morgan fingerprint density at radius 2 is 2.24 bits per heavy atom. The fourth-order valence-corrected chi connectivity index (χ4v) is 2.57. The Bertz CT molecular complexity index is 470. The van der Waals surface area contributed by atoms with Crippen molar-refractivity contribution >= 4 is 5.91 Å². The maximum atomic E-state index is 12.4. The molecule has 1 aliphatic rings. The summed E-state index contributed by atoms with van der Waals surface area (Å²) in [6, 6.07) is 7.55. The number of amides is 1. The number of carbonyl (C=O) groups excluding carboxylic acids is 1. The average Bonchev–Trinajstić information content (AvgIpc) is 2.52. The molecule has 5 heteroatoms. The van der Waals surface area contributed by atoms with Gasteiger partial charge < -0.3 is 20.5 Å². The molecule has 1 aromatic carbocycles. The summed E-state index contributed by atoms with van der Waals surface area (Å²) in [7, 11) is 0. The van der Waals surface area contributed by atoms with Crippen molar-refractivity contribution in [2.24, 2.45) is 0 Å². The van der Waals surface area contributed by atoms with Crippen LogP contribution in [0.15, 0.2) is 24.3 Å². The van der Waals surface area contributed by atoms with Gasteiger partial charge in [0, 0.05) is 12.1 Å². The number of hydrogen-bond donors (Lipinski definition) is 3. The first-order valence-electron chi connectivity index (χ1n) is 7.50. The summed E-state index contributed by atoms with van der Waals surface area (Å²) in [5.74, 6) is 0.729. The molecule has 1 saturated heterocycles. The molecule has 0 radical (unpaired) electrons. The van der Waals surface area contributed by atoms with Crippen LogP contribution in [0.3, 0.4) is 0 Å². The van der Waals surface area contributed by atoms with Gasteiger partial charge in [0.25, 0.3) is 0 Å². The molecule has 0 aliphatic carbocycles. The summed E-state index contributed by atoms with van der Waals surface area (Å²) < 4.78 is 5.47. The van der Waals surface area contributed by atoms with Gasteiger partial charge in [0.05, 0.1) is 12.1 Å². The summed E-state index contributed by atoms with van der Waals surface area (Å²) in [5, 5.41) is 15.1. The molecule has 1 aromatic rings. The monoisotopic (exact) mass is 292 g/mol. The van der Waals surface area contributed by atoms with Crippen LogP contribution >= 0.6 is 0 Å². The molecular weight excluding hydrogens is 268 g/mol. The number of ether oxygens (including phenoxy) is 1. The highest BCUT2D eigenvalue weighted by Crippen LogP contribution is 2.20. The molecule has 1 aliphatic heterocycles. The van der Waals surface area contributed by atoms with E-state index in [-0.39, 0.29) is 19.1 Å². The van der Waals surface area contributed by atoms with Gasteiger partial charge in [-0.2, -0.15) is 0 Å². The van der Waals surface area contributed by atoms with Crippen LogP contribution in [0, 0.1) is 0 Å². The molecule has 1 unspecified atom stereocenters. The Kier molecular flexibility index (Phi) is 5.59. The molecule has 116 valence electrons. The summed E-state index contributed by atoms with van der Waals surface area (Å²) in [4.78, 5) is 12.4. The van der Waals surface area contributed by atoms with Crippen molar-refractivity contribution in [2.75, 3.05) is 19.8 Å². The lowest BCUT2D eigenvalue weighted by Gasteiger charge is -2.33. The number of aliphatic hydroxyl groups is 1. The van der Waals surface area contributed by atoms with E-state index in [0.717, 1.165) is 31.4 Å². The number of benzene rings is 1. The fraction of sp³-hybridized carbons (Fsp3) is 0.562. The van der Waals surface area contributed by atoms with Crippen molar-refractivity contribution in [3.8, 4) is 5.75 Å². The van der Waals surface area contributed by atoms with Gasteiger partial charge in [-0.1, -0.05) is 18.2 Å². The topological polar surface area (TPSA) is 70.6 Å². The second-order valence-electron chi connectivity index (χ2n) is 5.58. The number of carbonyl (C=O) groups is 1. The highest BCUT2D eigenvalue weighted by Gasteiger charge is 2.33. The molecule has 5 nitrogen and oxygen atoms in total. The average molecular weight is 292 g/mol. The number of hydrogen-bond acceptors (Lipinski definition) is 4. The van der Waals surface area contributed by atoms with Gasteiger partial charge in [0.1, 0.15) is 12.4 Å². The van der Waals surface area contributed by atoms with Crippen LogP contribution in [-0.2, 0) is 11.3 Å². The van der Waals surface area contributed by atoms with Crippen LogP contribution in [0.1, 0.15) is 31.7 Å². The van der Waals surface area contributed by atoms with E-state index in [0.29, 0.717) is 12.3 Å². The Balaban J connectivity index is 1.94. The Labute approximate surface area is 125 Å². The Morgan fingerprint density at radius 3 is 2.95 bits per heavy atom. The molecule has 0 saturated carbocycles. The molecular formula is C16H24N2O3. The van der Waals surface area contributed by atoms with Crippen molar-refractivity contribution in [2.45, 2.75) is 38.3 Å². The summed E-state index contributed by atoms with van der Waals surface area (Å²) in [5.41, 5.74) is 0.442. The van der Waals surface area contributed by atoms with E-state index in [9.17, 15) is 4.79 Å². The van der Waals surface area contributed by atoms with Crippen LogP contribution in [-0.4, -0.2) is 36.3 Å². The van der Waals surface area contributed by atoms with Gasteiger partial charge in [-0.25, -0.2) is 0 Å². The molecule has 1 heterocycles. The number of rotatable bonds is 6. The van der Waals surface area contributed by atoms with Crippen molar-refractivity contribution in [1.82, 2.24) is 10.6 Å². The lowest BCUT2D eigenvalue weighted by Crippen LogP contribution is -2.56. The first kappa shape index (κ1) is 15.8. The second kappa shape index (κ2) is 7.43. The molecule has 1 amide bonds. The lowest BCUT2D eigenvalue weighted by molar-refractivity contribution is -0.128. The van der Waals surface area contributed by atoms with Crippen LogP contribution in [0.2, 0.25) is 0 Å². The van der Waals surface area contributed by atoms with Gasteiger partial charge in [0.15, 0.2) is 0 Å². The third-order valence-electron chi connectivity index (χ3n) is 3.88. The van der Waals surface area contributed by atoms with E-state index in [1.807, 2.05) is 31.2 Å². The Hall–Kier alpha value is -1.59. The standard InChI is InChI=1S/C16H24N2O3/c1-16(8-4-5-9-18-16)15(20)17-12-13-6-2-3-7-14(13)21-11-10-19/h2-3,6-7,18-19H,4-5,8-12H2,1H3,(H,17,20). The van der Waals surface area contributed by atoms with E-state index in [1.54, 1.807) is 0 Å². The normalized spacial score (nSPS) is 21.8.